The molecule has 0 atom stereocenters. The molecule has 0 aliphatic heterocycles. The number of thiazole rings is 1. The average Bonchev–Trinajstić information content (AvgIpc) is 3.35. The molecule has 3 nitrogen and oxygen atoms in total. The van der Waals surface area contributed by atoms with Crippen molar-refractivity contribution in [2.24, 2.45) is 17.8 Å². The lowest BCUT2D eigenvalue weighted by molar-refractivity contribution is -0.117. The van der Waals surface area contributed by atoms with Crippen LogP contribution in [0.15, 0.2) is 0 Å². The molecule has 1 heterocycles. The summed E-state index contributed by atoms with van der Waals surface area (Å²) in [6.07, 6.45) is 12.2. The molecule has 0 spiro atoms. The van der Waals surface area contributed by atoms with Gasteiger partial charge in [-0.05, 0) is 69.1 Å². The molecule has 3 aliphatic rings. The van der Waals surface area contributed by atoms with Crippen LogP contribution in [0.1, 0.15) is 61.9 Å². The Morgan fingerprint density at radius 1 is 1.14 bits per heavy atom. The smallest absolute Gasteiger partial charge is 0.226 e. The number of aryl methyl sites for hydroxylation is 2. The van der Waals surface area contributed by atoms with Crippen molar-refractivity contribution in [3.8, 4) is 0 Å². The molecule has 1 N–H and O–H groups in total. The summed E-state index contributed by atoms with van der Waals surface area (Å²) in [5.41, 5.74) is 1.24. The van der Waals surface area contributed by atoms with Gasteiger partial charge in [0.1, 0.15) is 0 Å². The number of aromatic nitrogens is 1. The molecule has 2 saturated carbocycles. The summed E-state index contributed by atoms with van der Waals surface area (Å²) >= 11 is 1.71. The van der Waals surface area contributed by atoms with Crippen molar-refractivity contribution in [1.82, 2.24) is 4.98 Å². The minimum atomic E-state index is 0.197. The van der Waals surface area contributed by atoms with Crippen LogP contribution < -0.4 is 5.32 Å². The van der Waals surface area contributed by atoms with Gasteiger partial charge in [0.25, 0.3) is 0 Å². The van der Waals surface area contributed by atoms with Gasteiger partial charge in [-0.25, -0.2) is 4.98 Å². The molecule has 0 radical (unpaired) electrons. The number of nitrogens with one attached hydrogen (secondary N) is 1. The first-order valence-electron chi connectivity index (χ1n) is 8.58. The summed E-state index contributed by atoms with van der Waals surface area (Å²) in [6.45, 7) is 0. The second kappa shape index (κ2) is 5.71. The third kappa shape index (κ3) is 3.31. The molecule has 0 saturated heterocycles. The maximum atomic E-state index is 12.3. The van der Waals surface area contributed by atoms with Crippen molar-refractivity contribution in [2.75, 3.05) is 5.32 Å². The van der Waals surface area contributed by atoms with Crippen LogP contribution in [0.3, 0.4) is 0 Å². The second-order valence-corrected chi connectivity index (χ2v) is 8.12. The first-order chi connectivity index (χ1) is 10.3. The lowest BCUT2D eigenvalue weighted by atomic mass is 9.94. The Balaban J connectivity index is 1.37. The van der Waals surface area contributed by atoms with E-state index in [1.54, 1.807) is 11.3 Å². The number of anilines is 1. The SMILES string of the molecule is O=C(CC(C1CC1)C1CC1)Nc1nc2c(s1)CCCCC2. The number of amides is 1. The highest BCUT2D eigenvalue weighted by molar-refractivity contribution is 7.15. The molecule has 1 aromatic heterocycles. The Morgan fingerprint density at radius 3 is 2.57 bits per heavy atom. The highest BCUT2D eigenvalue weighted by atomic mass is 32.1. The van der Waals surface area contributed by atoms with Crippen LogP contribution in [0.5, 0.6) is 0 Å². The van der Waals surface area contributed by atoms with Gasteiger partial charge in [-0.1, -0.05) is 6.42 Å². The molecular weight excluding hydrogens is 280 g/mol. The Hall–Kier alpha value is -0.900. The van der Waals surface area contributed by atoms with Gasteiger partial charge in [0.05, 0.1) is 5.69 Å². The molecule has 0 unspecified atom stereocenters. The molecule has 3 aliphatic carbocycles. The summed E-state index contributed by atoms with van der Waals surface area (Å²) in [4.78, 5) is 18.4. The maximum Gasteiger partial charge on any atom is 0.226 e. The standard InChI is InChI=1S/C17H24N2OS/c20-16(10-13(11-6-7-11)12-8-9-12)19-17-18-14-4-2-1-3-5-15(14)21-17/h11-13H,1-10H2,(H,18,19,20). The third-order valence-electron chi connectivity index (χ3n) is 5.22. The molecule has 0 aromatic carbocycles. The predicted octanol–water partition coefficient (Wildman–Crippen LogP) is 4.18. The topological polar surface area (TPSA) is 42.0 Å². The van der Waals surface area contributed by atoms with Crippen LogP contribution in [0.2, 0.25) is 0 Å². The minimum Gasteiger partial charge on any atom is -0.302 e. The molecule has 4 rings (SSSR count). The summed E-state index contributed by atoms with van der Waals surface area (Å²) in [7, 11) is 0. The van der Waals surface area contributed by atoms with E-state index >= 15 is 0 Å². The third-order valence-corrected chi connectivity index (χ3v) is 6.29. The van der Waals surface area contributed by atoms with Crippen molar-refractivity contribution in [3.05, 3.63) is 10.6 Å². The van der Waals surface area contributed by atoms with E-state index in [1.807, 2.05) is 0 Å². The number of carbonyl (C=O) groups excluding carboxylic acids is 1. The number of carbonyl (C=O) groups is 1. The highest BCUT2D eigenvalue weighted by Gasteiger charge is 2.42. The van der Waals surface area contributed by atoms with E-state index in [1.165, 1.54) is 55.5 Å². The van der Waals surface area contributed by atoms with Crippen LogP contribution in [-0.2, 0) is 17.6 Å². The highest BCUT2D eigenvalue weighted by Crippen LogP contribution is 2.50. The fourth-order valence-corrected chi connectivity index (χ4v) is 4.80. The van der Waals surface area contributed by atoms with Crippen molar-refractivity contribution >= 4 is 22.4 Å². The Bertz CT molecular complexity index is 495. The van der Waals surface area contributed by atoms with E-state index in [2.05, 4.69) is 10.3 Å². The van der Waals surface area contributed by atoms with Gasteiger partial charge < -0.3 is 5.32 Å². The fourth-order valence-electron chi connectivity index (χ4n) is 3.73. The molecule has 21 heavy (non-hydrogen) atoms. The predicted molar refractivity (Wildman–Crippen MR) is 85.6 cm³/mol. The number of rotatable bonds is 5. The normalized spacial score (nSPS) is 22.0. The molecule has 2 fully saturated rings. The van der Waals surface area contributed by atoms with E-state index in [9.17, 15) is 4.79 Å². The van der Waals surface area contributed by atoms with Crippen molar-refractivity contribution in [2.45, 2.75) is 64.2 Å². The van der Waals surface area contributed by atoms with Crippen LogP contribution in [0, 0.1) is 17.8 Å². The van der Waals surface area contributed by atoms with E-state index in [0.29, 0.717) is 5.92 Å². The largest absolute Gasteiger partial charge is 0.302 e. The van der Waals surface area contributed by atoms with Crippen LogP contribution in [0.25, 0.3) is 0 Å². The summed E-state index contributed by atoms with van der Waals surface area (Å²) in [5, 5.41) is 3.93. The molecule has 1 amide bonds. The maximum absolute atomic E-state index is 12.3. The number of hydrogen-bond acceptors (Lipinski definition) is 3. The van der Waals surface area contributed by atoms with Gasteiger partial charge in [-0.3, -0.25) is 4.79 Å². The first-order valence-corrected chi connectivity index (χ1v) is 9.39. The minimum absolute atomic E-state index is 0.197. The van der Waals surface area contributed by atoms with Crippen LogP contribution >= 0.6 is 11.3 Å². The van der Waals surface area contributed by atoms with Gasteiger partial charge in [0.2, 0.25) is 5.91 Å². The summed E-state index contributed by atoms with van der Waals surface area (Å²) < 4.78 is 0. The zero-order chi connectivity index (χ0) is 14.2. The Morgan fingerprint density at radius 2 is 1.86 bits per heavy atom. The van der Waals surface area contributed by atoms with E-state index < -0.39 is 0 Å². The van der Waals surface area contributed by atoms with Crippen molar-refractivity contribution in [3.63, 3.8) is 0 Å². The van der Waals surface area contributed by atoms with E-state index in [0.717, 1.165) is 36.2 Å². The average molecular weight is 304 g/mol. The molecule has 114 valence electrons. The van der Waals surface area contributed by atoms with Crippen molar-refractivity contribution in [1.29, 1.82) is 0 Å². The zero-order valence-electron chi connectivity index (χ0n) is 12.6. The number of hydrogen-bond donors (Lipinski definition) is 1. The van der Waals surface area contributed by atoms with E-state index in [-0.39, 0.29) is 5.91 Å². The Kier molecular flexibility index (Phi) is 3.74. The second-order valence-electron chi connectivity index (χ2n) is 7.04. The van der Waals surface area contributed by atoms with Gasteiger partial charge in [0, 0.05) is 11.3 Å². The lowest BCUT2D eigenvalue weighted by Crippen LogP contribution is -2.19. The van der Waals surface area contributed by atoms with Gasteiger partial charge in [0.15, 0.2) is 5.13 Å². The van der Waals surface area contributed by atoms with Crippen molar-refractivity contribution < 1.29 is 4.79 Å². The quantitative estimate of drug-likeness (QED) is 0.829. The first kappa shape index (κ1) is 13.7. The van der Waals surface area contributed by atoms with E-state index in [4.69, 9.17) is 0 Å². The van der Waals surface area contributed by atoms with Crippen LogP contribution in [-0.4, -0.2) is 10.9 Å². The fraction of sp³-hybridized carbons (Fsp3) is 0.765. The molecular formula is C17H24N2OS. The lowest BCUT2D eigenvalue weighted by Gasteiger charge is -2.14. The van der Waals surface area contributed by atoms with Gasteiger partial charge in [-0.2, -0.15) is 0 Å². The molecule has 1 aromatic rings. The summed E-state index contributed by atoms with van der Waals surface area (Å²) in [6, 6.07) is 0. The van der Waals surface area contributed by atoms with Crippen LogP contribution in [0.4, 0.5) is 5.13 Å². The van der Waals surface area contributed by atoms with Gasteiger partial charge in [-0.15, -0.1) is 11.3 Å². The summed E-state index contributed by atoms with van der Waals surface area (Å²) in [5.74, 6) is 2.54. The van der Waals surface area contributed by atoms with Gasteiger partial charge >= 0.3 is 0 Å². The monoisotopic (exact) mass is 304 g/mol. The molecule has 4 heteroatoms. The molecule has 0 bridgehead atoms. The number of nitrogens with zero attached hydrogens (tertiary/aromatic N) is 1. The Labute approximate surface area is 130 Å². The zero-order valence-corrected chi connectivity index (χ0v) is 13.4. The number of fused-ring (bicyclic) bond motifs is 1.